The number of ether oxygens (including phenoxy) is 2. The van der Waals surface area contributed by atoms with Gasteiger partial charge in [-0.25, -0.2) is 4.98 Å². The van der Waals surface area contributed by atoms with Crippen LogP contribution in [0, 0.1) is 6.92 Å². The second kappa shape index (κ2) is 10.2. The number of hydrogen-bond acceptors (Lipinski definition) is 5. The lowest BCUT2D eigenvalue weighted by Crippen LogP contribution is -2.47. The lowest BCUT2D eigenvalue weighted by atomic mass is 10.1. The van der Waals surface area contributed by atoms with Crippen molar-refractivity contribution in [3.05, 3.63) is 16.1 Å². The molecule has 0 saturated carbocycles. The molecule has 1 atom stereocenters. The number of aliphatic imine (C=N–C) groups is 1. The number of nitrogens with one attached hydrogen (secondary N) is 1. The van der Waals surface area contributed by atoms with Crippen LogP contribution >= 0.6 is 11.3 Å². The van der Waals surface area contributed by atoms with E-state index in [0.717, 1.165) is 71.0 Å². The van der Waals surface area contributed by atoms with E-state index in [2.05, 4.69) is 29.0 Å². The van der Waals surface area contributed by atoms with Crippen LogP contribution in [0.15, 0.2) is 11.2 Å². The monoisotopic (exact) mass is 380 g/mol. The van der Waals surface area contributed by atoms with Crippen LogP contribution in [0.1, 0.15) is 42.5 Å². The fraction of sp³-hybridized carbons (Fsp3) is 0.789. The molecule has 2 fully saturated rings. The summed E-state index contributed by atoms with van der Waals surface area (Å²) in [5.41, 5.74) is 0. The Balaban J connectivity index is 1.42. The van der Waals surface area contributed by atoms with E-state index in [9.17, 15) is 0 Å². The molecular formula is C19H32N4O2S. The number of rotatable bonds is 7. The average Bonchev–Trinajstić information content (AvgIpc) is 3.31. The van der Waals surface area contributed by atoms with Crippen LogP contribution in [0.3, 0.4) is 0 Å². The van der Waals surface area contributed by atoms with Gasteiger partial charge in [0.1, 0.15) is 0 Å². The highest BCUT2D eigenvalue weighted by Gasteiger charge is 2.24. The summed E-state index contributed by atoms with van der Waals surface area (Å²) >= 11 is 1.76. The van der Waals surface area contributed by atoms with Gasteiger partial charge in [0.15, 0.2) is 5.96 Å². The van der Waals surface area contributed by atoms with E-state index in [1.54, 1.807) is 11.3 Å². The molecule has 1 N–H and O–H groups in total. The summed E-state index contributed by atoms with van der Waals surface area (Å²) in [5.74, 6) is 1.03. The van der Waals surface area contributed by atoms with E-state index in [0.29, 0.717) is 12.2 Å². The maximum absolute atomic E-state index is 6.08. The van der Waals surface area contributed by atoms with E-state index >= 15 is 0 Å². The van der Waals surface area contributed by atoms with Crippen molar-refractivity contribution < 1.29 is 9.47 Å². The highest BCUT2D eigenvalue weighted by Crippen LogP contribution is 2.18. The number of aromatic nitrogens is 1. The van der Waals surface area contributed by atoms with Gasteiger partial charge in [0.25, 0.3) is 0 Å². The van der Waals surface area contributed by atoms with E-state index in [4.69, 9.17) is 14.5 Å². The van der Waals surface area contributed by atoms with E-state index in [1.165, 1.54) is 16.3 Å². The van der Waals surface area contributed by atoms with Crippen molar-refractivity contribution in [1.82, 2.24) is 15.2 Å². The van der Waals surface area contributed by atoms with Gasteiger partial charge < -0.3 is 19.7 Å². The van der Waals surface area contributed by atoms with Gasteiger partial charge in [-0.1, -0.05) is 0 Å². The summed E-state index contributed by atoms with van der Waals surface area (Å²) in [7, 11) is 0. The summed E-state index contributed by atoms with van der Waals surface area (Å²) in [6.07, 6.45) is 7.97. The number of nitrogens with zero attached hydrogens (tertiary/aromatic N) is 3. The molecule has 0 bridgehead atoms. The first kappa shape index (κ1) is 19.6. The summed E-state index contributed by atoms with van der Waals surface area (Å²) < 4.78 is 11.7. The molecule has 26 heavy (non-hydrogen) atoms. The van der Waals surface area contributed by atoms with E-state index < -0.39 is 0 Å². The molecule has 0 aromatic carbocycles. The van der Waals surface area contributed by atoms with Gasteiger partial charge in [0.2, 0.25) is 0 Å². The van der Waals surface area contributed by atoms with Gasteiger partial charge in [0.05, 0.1) is 23.8 Å². The van der Waals surface area contributed by atoms with Crippen LogP contribution in [0.25, 0.3) is 0 Å². The molecule has 3 heterocycles. The molecule has 1 unspecified atom stereocenters. The molecule has 0 spiro atoms. The van der Waals surface area contributed by atoms with Gasteiger partial charge in [0, 0.05) is 50.3 Å². The standard InChI is InChI=1S/C19H32N4O2S/c1-3-20-19(21-9-6-18-22-13-15(2)26-18)23-10-7-16(8-11-23)25-14-17-5-4-12-24-17/h13,16-17H,3-12,14H2,1-2H3,(H,20,21). The lowest BCUT2D eigenvalue weighted by molar-refractivity contribution is -0.0367. The topological polar surface area (TPSA) is 59.0 Å². The van der Waals surface area contributed by atoms with Crippen molar-refractivity contribution in [3.8, 4) is 0 Å². The Labute approximate surface area is 161 Å². The minimum atomic E-state index is 0.321. The Morgan fingerprint density at radius 3 is 2.92 bits per heavy atom. The quantitative estimate of drug-likeness (QED) is 0.582. The summed E-state index contributed by atoms with van der Waals surface area (Å²) in [5, 5.41) is 4.60. The van der Waals surface area contributed by atoms with E-state index in [-0.39, 0.29) is 0 Å². The van der Waals surface area contributed by atoms with Gasteiger partial charge in [-0.05, 0) is 39.5 Å². The van der Waals surface area contributed by atoms with Gasteiger partial charge in [-0.2, -0.15) is 0 Å². The fourth-order valence-electron chi connectivity index (χ4n) is 3.45. The Morgan fingerprint density at radius 1 is 1.42 bits per heavy atom. The van der Waals surface area contributed by atoms with Gasteiger partial charge in [-0.15, -0.1) is 11.3 Å². The van der Waals surface area contributed by atoms with Crippen LogP contribution in [0.2, 0.25) is 0 Å². The first-order chi connectivity index (χ1) is 12.7. The Bertz CT molecular complexity index is 564. The highest BCUT2D eigenvalue weighted by atomic mass is 32.1. The third-order valence-corrected chi connectivity index (χ3v) is 5.85. The Hall–Kier alpha value is -1.18. The first-order valence-electron chi connectivity index (χ1n) is 9.92. The van der Waals surface area contributed by atoms with Crippen LogP contribution in [0.5, 0.6) is 0 Å². The fourth-order valence-corrected chi connectivity index (χ4v) is 4.23. The number of guanidine groups is 1. The molecule has 146 valence electrons. The largest absolute Gasteiger partial charge is 0.376 e. The predicted molar refractivity (Wildman–Crippen MR) is 106 cm³/mol. The second-order valence-electron chi connectivity index (χ2n) is 7.01. The smallest absolute Gasteiger partial charge is 0.193 e. The SMILES string of the molecule is CCNC(=NCCc1ncc(C)s1)N1CCC(OCC2CCCO2)CC1. The van der Waals surface area contributed by atoms with Crippen molar-refractivity contribution in [2.75, 3.05) is 39.4 Å². The zero-order chi connectivity index (χ0) is 18.2. The van der Waals surface area contributed by atoms with Crippen molar-refractivity contribution >= 4 is 17.3 Å². The lowest BCUT2D eigenvalue weighted by Gasteiger charge is -2.34. The van der Waals surface area contributed by atoms with Crippen LogP contribution in [0.4, 0.5) is 0 Å². The molecule has 0 amide bonds. The average molecular weight is 381 g/mol. The van der Waals surface area contributed by atoms with Crippen molar-refractivity contribution in [1.29, 1.82) is 0 Å². The third-order valence-electron chi connectivity index (χ3n) is 4.87. The third kappa shape index (κ3) is 5.93. The normalized spacial score (nSPS) is 22.2. The predicted octanol–water partition coefficient (Wildman–Crippen LogP) is 2.62. The maximum atomic E-state index is 6.08. The van der Waals surface area contributed by atoms with Gasteiger partial charge >= 0.3 is 0 Å². The summed E-state index contributed by atoms with van der Waals surface area (Å²) in [6, 6.07) is 0. The molecule has 2 aliphatic heterocycles. The summed E-state index contributed by atoms with van der Waals surface area (Å²) in [6.45, 7) is 9.55. The summed E-state index contributed by atoms with van der Waals surface area (Å²) in [4.78, 5) is 12.9. The van der Waals surface area contributed by atoms with Crippen LogP contribution in [-0.2, 0) is 15.9 Å². The molecule has 1 aromatic heterocycles. The van der Waals surface area contributed by atoms with Crippen molar-refractivity contribution in [2.45, 2.75) is 58.2 Å². The van der Waals surface area contributed by atoms with Crippen LogP contribution in [-0.4, -0.2) is 67.4 Å². The Morgan fingerprint density at radius 2 is 2.27 bits per heavy atom. The molecule has 1 aromatic rings. The van der Waals surface area contributed by atoms with Crippen LogP contribution < -0.4 is 5.32 Å². The number of hydrogen-bond donors (Lipinski definition) is 1. The number of aryl methyl sites for hydroxylation is 1. The zero-order valence-corrected chi connectivity index (χ0v) is 16.9. The number of likely N-dealkylation sites (tertiary alicyclic amines) is 1. The Kier molecular flexibility index (Phi) is 7.70. The molecular weight excluding hydrogens is 348 g/mol. The molecule has 7 heteroatoms. The second-order valence-corrected chi connectivity index (χ2v) is 8.32. The van der Waals surface area contributed by atoms with Gasteiger partial charge in [-0.3, -0.25) is 4.99 Å². The zero-order valence-electron chi connectivity index (χ0n) is 16.1. The minimum absolute atomic E-state index is 0.321. The number of thiazole rings is 1. The molecule has 2 aliphatic rings. The molecule has 6 nitrogen and oxygen atoms in total. The highest BCUT2D eigenvalue weighted by molar-refractivity contribution is 7.11. The number of piperidine rings is 1. The maximum Gasteiger partial charge on any atom is 0.193 e. The molecule has 0 radical (unpaired) electrons. The first-order valence-corrected chi connectivity index (χ1v) is 10.7. The minimum Gasteiger partial charge on any atom is -0.376 e. The van der Waals surface area contributed by atoms with Crippen molar-refractivity contribution in [2.24, 2.45) is 4.99 Å². The molecule has 0 aliphatic carbocycles. The molecule has 3 rings (SSSR count). The van der Waals surface area contributed by atoms with Crippen molar-refractivity contribution in [3.63, 3.8) is 0 Å². The van der Waals surface area contributed by atoms with E-state index in [1.807, 2.05) is 6.20 Å². The molecule has 2 saturated heterocycles.